The minimum atomic E-state index is -3.57. The predicted molar refractivity (Wildman–Crippen MR) is 72.1 cm³/mol. The first-order chi connectivity index (χ1) is 8.95. The summed E-state index contributed by atoms with van der Waals surface area (Å²) in [6.45, 7) is 5.12. The molecule has 19 heavy (non-hydrogen) atoms. The minimum Gasteiger partial charge on any atom is -0.447 e. The fourth-order valence-electron chi connectivity index (χ4n) is 1.44. The van der Waals surface area contributed by atoms with Crippen molar-refractivity contribution in [2.24, 2.45) is 5.73 Å². The van der Waals surface area contributed by atoms with Crippen LogP contribution in [-0.2, 0) is 21.3 Å². The number of ether oxygens (including phenoxy) is 1. The van der Waals surface area contributed by atoms with Gasteiger partial charge in [0.1, 0.15) is 5.76 Å². The Bertz CT molecular complexity index is 468. The topological polar surface area (TPSA) is 94.6 Å². The van der Waals surface area contributed by atoms with E-state index in [1.165, 1.54) is 6.07 Å². The van der Waals surface area contributed by atoms with E-state index >= 15 is 0 Å². The highest BCUT2D eigenvalue weighted by Crippen LogP contribution is 2.13. The standard InChI is InChI=1S/C12H22N2O4S/c1-10(2)17-8-4-3-7-14-19(15,16)12-6-5-11(9-13)18-12/h5-6,10,14H,3-4,7-9,13H2,1-2H3. The van der Waals surface area contributed by atoms with Gasteiger partial charge >= 0.3 is 0 Å². The van der Waals surface area contributed by atoms with Gasteiger partial charge in [-0.05, 0) is 38.8 Å². The molecule has 6 nitrogen and oxygen atoms in total. The Morgan fingerprint density at radius 3 is 2.68 bits per heavy atom. The lowest BCUT2D eigenvalue weighted by Crippen LogP contribution is -2.24. The number of furan rings is 1. The van der Waals surface area contributed by atoms with Crippen molar-refractivity contribution in [3.8, 4) is 0 Å². The van der Waals surface area contributed by atoms with Crippen LogP contribution in [0.5, 0.6) is 0 Å². The van der Waals surface area contributed by atoms with E-state index < -0.39 is 10.0 Å². The number of sulfonamides is 1. The molecule has 3 N–H and O–H groups in total. The molecule has 0 aliphatic rings. The second kappa shape index (κ2) is 7.64. The molecule has 0 saturated heterocycles. The van der Waals surface area contributed by atoms with E-state index in [1.807, 2.05) is 13.8 Å². The van der Waals surface area contributed by atoms with E-state index in [2.05, 4.69) is 4.72 Å². The lowest BCUT2D eigenvalue weighted by molar-refractivity contribution is 0.0762. The van der Waals surface area contributed by atoms with Crippen molar-refractivity contribution in [2.45, 2.75) is 44.4 Å². The van der Waals surface area contributed by atoms with Gasteiger partial charge in [0.2, 0.25) is 5.09 Å². The van der Waals surface area contributed by atoms with Crippen LogP contribution in [0.2, 0.25) is 0 Å². The monoisotopic (exact) mass is 290 g/mol. The highest BCUT2D eigenvalue weighted by atomic mass is 32.2. The van der Waals surface area contributed by atoms with Crippen LogP contribution in [0.4, 0.5) is 0 Å². The first-order valence-corrected chi connectivity index (χ1v) is 7.84. The van der Waals surface area contributed by atoms with Crippen LogP contribution in [0.15, 0.2) is 21.6 Å². The molecular weight excluding hydrogens is 268 g/mol. The summed E-state index contributed by atoms with van der Waals surface area (Å²) in [7, 11) is -3.57. The molecule has 0 atom stereocenters. The molecule has 0 unspecified atom stereocenters. The Morgan fingerprint density at radius 1 is 1.37 bits per heavy atom. The van der Waals surface area contributed by atoms with Crippen LogP contribution in [-0.4, -0.2) is 27.7 Å². The summed E-state index contributed by atoms with van der Waals surface area (Å²) in [4.78, 5) is 0. The zero-order chi connectivity index (χ0) is 14.3. The van der Waals surface area contributed by atoms with E-state index in [-0.39, 0.29) is 17.7 Å². The fourth-order valence-corrected chi connectivity index (χ4v) is 2.46. The SMILES string of the molecule is CC(C)OCCCCNS(=O)(=O)c1ccc(CN)o1. The van der Waals surface area contributed by atoms with Crippen molar-refractivity contribution in [2.75, 3.05) is 13.2 Å². The largest absolute Gasteiger partial charge is 0.447 e. The summed E-state index contributed by atoms with van der Waals surface area (Å²) < 4.78 is 36.6. The molecule has 0 amide bonds. The Hall–Kier alpha value is -0.890. The highest BCUT2D eigenvalue weighted by Gasteiger charge is 2.17. The molecular formula is C12H22N2O4S. The van der Waals surface area contributed by atoms with E-state index in [0.29, 0.717) is 18.9 Å². The number of unbranched alkanes of at least 4 members (excludes halogenated alkanes) is 1. The van der Waals surface area contributed by atoms with Crippen LogP contribution in [0, 0.1) is 0 Å². The Labute approximate surface area is 114 Å². The Balaban J connectivity index is 2.31. The zero-order valence-corrected chi connectivity index (χ0v) is 12.2. The summed E-state index contributed by atoms with van der Waals surface area (Å²) in [5.41, 5.74) is 5.36. The normalized spacial score (nSPS) is 12.2. The molecule has 0 aromatic carbocycles. The van der Waals surface area contributed by atoms with Gasteiger partial charge in [0.05, 0.1) is 12.6 Å². The van der Waals surface area contributed by atoms with Crippen LogP contribution >= 0.6 is 0 Å². The number of nitrogens with one attached hydrogen (secondary N) is 1. The molecule has 1 rings (SSSR count). The summed E-state index contributed by atoms with van der Waals surface area (Å²) in [5.74, 6) is 0.450. The molecule has 1 aromatic rings. The van der Waals surface area contributed by atoms with Gasteiger partial charge in [0, 0.05) is 13.2 Å². The van der Waals surface area contributed by atoms with Gasteiger partial charge in [-0.1, -0.05) is 0 Å². The number of nitrogens with two attached hydrogens (primary N) is 1. The second-order valence-corrected chi connectivity index (χ2v) is 6.15. The van der Waals surface area contributed by atoms with E-state index in [4.69, 9.17) is 14.9 Å². The number of rotatable bonds is 9. The minimum absolute atomic E-state index is 0.0913. The summed E-state index contributed by atoms with van der Waals surface area (Å²) >= 11 is 0. The second-order valence-electron chi connectivity index (χ2n) is 4.45. The lowest BCUT2D eigenvalue weighted by atomic mass is 10.3. The lowest BCUT2D eigenvalue weighted by Gasteiger charge is -2.07. The zero-order valence-electron chi connectivity index (χ0n) is 11.4. The van der Waals surface area contributed by atoms with Gasteiger partial charge in [-0.3, -0.25) is 0 Å². The van der Waals surface area contributed by atoms with Gasteiger partial charge in [-0.2, -0.15) is 0 Å². The van der Waals surface area contributed by atoms with Gasteiger partial charge in [-0.15, -0.1) is 0 Å². The average Bonchev–Trinajstić information content (AvgIpc) is 2.82. The molecule has 0 fully saturated rings. The van der Waals surface area contributed by atoms with Gasteiger partial charge in [-0.25, -0.2) is 13.1 Å². The molecule has 0 aliphatic carbocycles. The first-order valence-electron chi connectivity index (χ1n) is 6.35. The van der Waals surface area contributed by atoms with Crippen molar-refractivity contribution in [3.63, 3.8) is 0 Å². The van der Waals surface area contributed by atoms with Crippen LogP contribution in [0.25, 0.3) is 0 Å². The van der Waals surface area contributed by atoms with Crippen LogP contribution in [0.1, 0.15) is 32.4 Å². The maximum absolute atomic E-state index is 11.8. The smallest absolute Gasteiger partial charge is 0.273 e. The predicted octanol–water partition coefficient (Wildman–Crippen LogP) is 1.22. The molecule has 1 heterocycles. The summed E-state index contributed by atoms with van der Waals surface area (Å²) in [6.07, 6.45) is 1.73. The van der Waals surface area contributed by atoms with Crippen molar-refractivity contribution in [3.05, 3.63) is 17.9 Å². The third-order valence-electron chi connectivity index (χ3n) is 2.42. The molecule has 1 aromatic heterocycles. The molecule has 0 aliphatic heterocycles. The van der Waals surface area contributed by atoms with Crippen molar-refractivity contribution >= 4 is 10.0 Å². The molecule has 0 saturated carbocycles. The van der Waals surface area contributed by atoms with Gasteiger partial charge < -0.3 is 14.9 Å². The van der Waals surface area contributed by atoms with Gasteiger partial charge in [0.25, 0.3) is 10.0 Å². The highest BCUT2D eigenvalue weighted by molar-refractivity contribution is 7.89. The first kappa shape index (κ1) is 16.2. The van der Waals surface area contributed by atoms with Crippen molar-refractivity contribution in [1.82, 2.24) is 4.72 Å². The number of hydrogen-bond donors (Lipinski definition) is 2. The van der Waals surface area contributed by atoms with Crippen molar-refractivity contribution < 1.29 is 17.6 Å². The average molecular weight is 290 g/mol. The molecule has 0 bridgehead atoms. The quantitative estimate of drug-likeness (QED) is 0.667. The van der Waals surface area contributed by atoms with E-state index in [1.54, 1.807) is 6.07 Å². The molecule has 0 spiro atoms. The summed E-state index contributed by atoms with van der Waals surface area (Å²) in [5, 5.41) is -0.0913. The van der Waals surface area contributed by atoms with E-state index in [9.17, 15) is 8.42 Å². The molecule has 110 valence electrons. The van der Waals surface area contributed by atoms with Crippen LogP contribution in [0.3, 0.4) is 0 Å². The number of hydrogen-bond acceptors (Lipinski definition) is 5. The fraction of sp³-hybridized carbons (Fsp3) is 0.667. The Kier molecular flexibility index (Phi) is 6.50. The molecule has 0 radical (unpaired) electrons. The molecule has 7 heteroatoms. The van der Waals surface area contributed by atoms with Crippen LogP contribution < -0.4 is 10.5 Å². The van der Waals surface area contributed by atoms with E-state index in [0.717, 1.165) is 12.8 Å². The third-order valence-corrected chi connectivity index (χ3v) is 3.75. The third kappa shape index (κ3) is 5.73. The van der Waals surface area contributed by atoms with Gasteiger partial charge in [0.15, 0.2) is 0 Å². The summed E-state index contributed by atoms with van der Waals surface area (Å²) in [6, 6.07) is 2.97. The van der Waals surface area contributed by atoms with Crippen molar-refractivity contribution in [1.29, 1.82) is 0 Å². The Morgan fingerprint density at radius 2 is 2.11 bits per heavy atom. The maximum Gasteiger partial charge on any atom is 0.273 e. The maximum atomic E-state index is 11.8.